The Morgan fingerprint density at radius 3 is 2.32 bits per heavy atom. The molecule has 0 aliphatic rings. The quantitative estimate of drug-likeness (QED) is 0.554. The zero-order valence-electron chi connectivity index (χ0n) is 13.7. The summed E-state index contributed by atoms with van der Waals surface area (Å²) in [6.45, 7) is 0. The minimum Gasteiger partial charge on any atom is -0.497 e. The molecular weight excluding hydrogens is 310 g/mol. The van der Waals surface area contributed by atoms with E-state index < -0.39 is 0 Å². The Morgan fingerprint density at radius 1 is 0.920 bits per heavy atom. The molecule has 0 aliphatic carbocycles. The zero-order valence-corrected chi connectivity index (χ0v) is 13.7. The Labute approximate surface area is 145 Å². The lowest BCUT2D eigenvalue weighted by Gasteiger charge is -2.07. The van der Waals surface area contributed by atoms with Crippen molar-refractivity contribution >= 4 is 11.0 Å². The summed E-state index contributed by atoms with van der Waals surface area (Å²) in [5, 5.41) is 8.94. The van der Waals surface area contributed by atoms with Gasteiger partial charge in [0.05, 0.1) is 29.8 Å². The summed E-state index contributed by atoms with van der Waals surface area (Å²) in [4.78, 5) is 4.49. The first-order valence-corrected chi connectivity index (χ1v) is 7.90. The number of rotatable bonds is 3. The summed E-state index contributed by atoms with van der Waals surface area (Å²) in [5.74, 6) is 0.825. The van der Waals surface area contributed by atoms with Crippen LogP contribution in [0.4, 0.5) is 0 Å². The van der Waals surface area contributed by atoms with Gasteiger partial charge in [0.25, 0.3) is 0 Å². The maximum atomic E-state index is 8.94. The summed E-state index contributed by atoms with van der Waals surface area (Å²) in [6.07, 6.45) is 1.83. The number of ether oxygens (including phenoxy) is 1. The fourth-order valence-corrected chi connectivity index (χ4v) is 2.87. The third-order valence-corrected chi connectivity index (χ3v) is 4.25. The van der Waals surface area contributed by atoms with Crippen molar-refractivity contribution in [1.29, 1.82) is 5.26 Å². The molecule has 0 spiro atoms. The molecule has 4 rings (SSSR count). The lowest BCUT2D eigenvalue weighted by Crippen LogP contribution is -1.92. The Morgan fingerprint density at radius 2 is 1.64 bits per heavy atom. The first-order chi connectivity index (χ1) is 12.3. The lowest BCUT2D eigenvalue weighted by molar-refractivity contribution is 0.415. The van der Waals surface area contributed by atoms with Crippen LogP contribution in [0.5, 0.6) is 5.75 Å². The van der Waals surface area contributed by atoms with Gasteiger partial charge in [-0.05, 0) is 59.7 Å². The van der Waals surface area contributed by atoms with E-state index in [0.29, 0.717) is 5.56 Å². The van der Waals surface area contributed by atoms with E-state index in [9.17, 15) is 0 Å². The van der Waals surface area contributed by atoms with Crippen LogP contribution < -0.4 is 4.74 Å². The summed E-state index contributed by atoms with van der Waals surface area (Å²) in [5.41, 5.74) is 5.82. The van der Waals surface area contributed by atoms with E-state index >= 15 is 0 Å². The van der Waals surface area contributed by atoms with Crippen LogP contribution in [0.2, 0.25) is 0 Å². The average molecular weight is 325 g/mol. The van der Waals surface area contributed by atoms with Gasteiger partial charge in [-0.3, -0.25) is 4.57 Å². The maximum Gasteiger partial charge on any atom is 0.119 e. The van der Waals surface area contributed by atoms with E-state index in [1.807, 2.05) is 60.9 Å². The van der Waals surface area contributed by atoms with Crippen molar-refractivity contribution in [2.75, 3.05) is 7.11 Å². The molecule has 25 heavy (non-hydrogen) atoms. The molecule has 4 aromatic rings. The van der Waals surface area contributed by atoms with Gasteiger partial charge in [0.1, 0.15) is 12.1 Å². The Hall–Kier alpha value is -3.58. The van der Waals surface area contributed by atoms with E-state index in [0.717, 1.165) is 33.6 Å². The summed E-state index contributed by atoms with van der Waals surface area (Å²) >= 11 is 0. The number of hydrogen-bond acceptors (Lipinski definition) is 3. The van der Waals surface area contributed by atoms with Crippen LogP contribution in [-0.4, -0.2) is 16.7 Å². The number of nitriles is 1. The first-order valence-electron chi connectivity index (χ1n) is 7.90. The molecule has 0 amide bonds. The van der Waals surface area contributed by atoms with Gasteiger partial charge in [-0.2, -0.15) is 5.26 Å². The van der Waals surface area contributed by atoms with Crippen LogP contribution in [0.25, 0.3) is 27.8 Å². The van der Waals surface area contributed by atoms with Crippen molar-refractivity contribution in [1.82, 2.24) is 9.55 Å². The number of benzene rings is 3. The molecule has 0 N–H and O–H groups in total. The topological polar surface area (TPSA) is 50.8 Å². The van der Waals surface area contributed by atoms with Crippen LogP contribution in [0.15, 0.2) is 73.1 Å². The van der Waals surface area contributed by atoms with Crippen LogP contribution in [0.3, 0.4) is 0 Å². The average Bonchev–Trinajstić information content (AvgIpc) is 3.11. The molecule has 3 aromatic carbocycles. The van der Waals surface area contributed by atoms with Gasteiger partial charge in [-0.1, -0.05) is 18.2 Å². The van der Waals surface area contributed by atoms with Crippen LogP contribution in [-0.2, 0) is 0 Å². The molecule has 4 nitrogen and oxygen atoms in total. The predicted molar refractivity (Wildman–Crippen MR) is 97.8 cm³/mol. The van der Waals surface area contributed by atoms with Crippen molar-refractivity contribution in [3.63, 3.8) is 0 Å². The normalized spacial score (nSPS) is 10.6. The predicted octanol–water partition coefficient (Wildman–Crippen LogP) is 4.57. The van der Waals surface area contributed by atoms with Gasteiger partial charge in [0.2, 0.25) is 0 Å². The molecule has 1 aromatic heterocycles. The highest BCUT2D eigenvalue weighted by Gasteiger charge is 2.07. The number of hydrogen-bond donors (Lipinski definition) is 0. The van der Waals surface area contributed by atoms with Gasteiger partial charge in [-0.15, -0.1) is 0 Å². The van der Waals surface area contributed by atoms with Crippen molar-refractivity contribution in [3.8, 4) is 28.6 Å². The Balaban J connectivity index is 1.80. The number of aromatic nitrogens is 2. The highest BCUT2D eigenvalue weighted by atomic mass is 16.5. The number of imidazole rings is 1. The third-order valence-electron chi connectivity index (χ3n) is 4.25. The van der Waals surface area contributed by atoms with Gasteiger partial charge < -0.3 is 4.74 Å². The van der Waals surface area contributed by atoms with E-state index in [1.54, 1.807) is 7.11 Å². The highest BCUT2D eigenvalue weighted by molar-refractivity contribution is 5.83. The van der Waals surface area contributed by atoms with E-state index in [-0.39, 0.29) is 0 Å². The fourth-order valence-electron chi connectivity index (χ4n) is 2.87. The van der Waals surface area contributed by atoms with E-state index in [1.165, 1.54) is 0 Å². The SMILES string of the molecule is COc1ccc(-n2cnc3ccc(-c4ccc(C#N)cc4)cc32)cc1. The van der Waals surface area contributed by atoms with Gasteiger partial charge >= 0.3 is 0 Å². The zero-order chi connectivity index (χ0) is 17.2. The molecule has 120 valence electrons. The summed E-state index contributed by atoms with van der Waals surface area (Å²) in [7, 11) is 1.66. The van der Waals surface area contributed by atoms with Crippen molar-refractivity contribution < 1.29 is 4.74 Å². The van der Waals surface area contributed by atoms with Crippen LogP contribution in [0, 0.1) is 11.3 Å². The molecule has 0 saturated carbocycles. The van der Waals surface area contributed by atoms with Crippen LogP contribution >= 0.6 is 0 Å². The molecule has 0 saturated heterocycles. The highest BCUT2D eigenvalue weighted by Crippen LogP contribution is 2.26. The molecule has 4 heteroatoms. The fraction of sp³-hybridized carbons (Fsp3) is 0.0476. The maximum absolute atomic E-state index is 8.94. The molecular formula is C21H15N3O. The standard InChI is InChI=1S/C21H15N3O/c1-25-19-9-7-18(8-10-19)24-14-23-20-11-6-17(12-21(20)24)16-4-2-15(13-22)3-5-16/h2-12,14H,1H3. The first kappa shape index (κ1) is 15.0. The Bertz CT molecular complexity index is 1070. The third kappa shape index (κ3) is 2.73. The molecule has 0 radical (unpaired) electrons. The lowest BCUT2D eigenvalue weighted by atomic mass is 10.0. The second-order valence-corrected chi connectivity index (χ2v) is 5.71. The molecule has 0 atom stereocenters. The van der Waals surface area contributed by atoms with Gasteiger partial charge in [0, 0.05) is 5.69 Å². The van der Waals surface area contributed by atoms with E-state index in [4.69, 9.17) is 10.00 Å². The minimum atomic E-state index is 0.660. The molecule has 1 heterocycles. The van der Waals surface area contributed by atoms with Crippen molar-refractivity contribution in [2.24, 2.45) is 0 Å². The number of methoxy groups -OCH3 is 1. The Kier molecular flexibility index (Phi) is 3.68. The van der Waals surface area contributed by atoms with Crippen molar-refractivity contribution in [2.45, 2.75) is 0 Å². The van der Waals surface area contributed by atoms with Crippen molar-refractivity contribution in [3.05, 3.63) is 78.6 Å². The monoisotopic (exact) mass is 325 g/mol. The minimum absolute atomic E-state index is 0.660. The molecule has 0 bridgehead atoms. The van der Waals surface area contributed by atoms with Crippen LogP contribution in [0.1, 0.15) is 5.56 Å². The van der Waals surface area contributed by atoms with Gasteiger partial charge in [0.15, 0.2) is 0 Å². The second-order valence-electron chi connectivity index (χ2n) is 5.71. The molecule has 0 aliphatic heterocycles. The summed E-state index contributed by atoms with van der Waals surface area (Å²) < 4.78 is 7.28. The summed E-state index contributed by atoms with van der Waals surface area (Å²) in [6, 6.07) is 23.8. The molecule has 0 fully saturated rings. The second kappa shape index (κ2) is 6.14. The number of fused-ring (bicyclic) bond motifs is 1. The smallest absolute Gasteiger partial charge is 0.119 e. The van der Waals surface area contributed by atoms with Gasteiger partial charge in [-0.25, -0.2) is 4.98 Å². The number of nitrogens with zero attached hydrogens (tertiary/aromatic N) is 3. The molecule has 0 unspecified atom stereocenters. The largest absolute Gasteiger partial charge is 0.497 e. The van der Waals surface area contributed by atoms with E-state index in [2.05, 4.69) is 27.8 Å².